The highest BCUT2D eigenvalue weighted by atomic mass is 35.5. The van der Waals surface area contributed by atoms with Crippen molar-refractivity contribution in [1.29, 1.82) is 0 Å². The third kappa shape index (κ3) is 4.72. The summed E-state index contributed by atoms with van der Waals surface area (Å²) in [5, 5.41) is 19.3. The molecule has 1 aromatic carbocycles. The molecule has 2 aliphatic rings. The topological polar surface area (TPSA) is 108 Å². The first-order chi connectivity index (χ1) is 12.6. The molecule has 4 rings (SSSR count). The number of aromatic amines is 1. The number of hydrogen-bond donors (Lipinski definition) is 3. The van der Waals surface area contributed by atoms with Crippen molar-refractivity contribution in [3.63, 3.8) is 0 Å². The number of benzene rings is 1. The summed E-state index contributed by atoms with van der Waals surface area (Å²) in [7, 11) is -0.975. The van der Waals surface area contributed by atoms with Crippen LogP contribution >= 0.6 is 24.8 Å². The Morgan fingerprint density at radius 3 is 2.86 bits per heavy atom. The van der Waals surface area contributed by atoms with Gasteiger partial charge in [-0.05, 0) is 24.4 Å². The molecule has 2 aliphatic heterocycles. The van der Waals surface area contributed by atoms with E-state index < -0.39 is 13.1 Å². The van der Waals surface area contributed by atoms with Crippen LogP contribution < -0.4 is 9.39 Å². The molecule has 2 aromatic rings. The molecule has 0 radical (unpaired) electrons. The molecule has 152 valence electrons. The van der Waals surface area contributed by atoms with E-state index in [4.69, 9.17) is 9.39 Å². The summed E-state index contributed by atoms with van der Waals surface area (Å²) in [6.45, 7) is 2.38. The lowest BCUT2D eigenvalue weighted by molar-refractivity contribution is 0.0195. The Morgan fingerprint density at radius 2 is 2.18 bits per heavy atom. The molecule has 1 aromatic heterocycles. The van der Waals surface area contributed by atoms with Gasteiger partial charge in [0.1, 0.15) is 23.2 Å². The standard InChI is InChI=1S/C17H20BN3O5.2ClH/c22-17(23)15-14(2-1-11-3-5-18(24)26-16(11)15)25-13-8-21(9-13)6-4-12-7-19-10-20-12;;/h1-2,7,10,13,24H,3-6,8-9H2,(H,19,20)(H,22,23);2*1H. The van der Waals surface area contributed by atoms with Crippen LogP contribution in [0.2, 0.25) is 6.32 Å². The molecule has 28 heavy (non-hydrogen) atoms. The average molecular weight is 430 g/mol. The first-order valence-electron chi connectivity index (χ1n) is 8.70. The number of aryl methyl sites for hydroxylation is 1. The van der Waals surface area contributed by atoms with Gasteiger partial charge >= 0.3 is 13.1 Å². The van der Waals surface area contributed by atoms with Crippen LogP contribution in [0.4, 0.5) is 0 Å². The maximum Gasteiger partial charge on any atom is 0.522 e. The summed E-state index contributed by atoms with van der Waals surface area (Å²) in [5.74, 6) is -0.589. The van der Waals surface area contributed by atoms with Crippen LogP contribution in [0.15, 0.2) is 24.7 Å². The number of ether oxygens (including phenoxy) is 1. The van der Waals surface area contributed by atoms with E-state index in [0.717, 1.165) is 37.3 Å². The second-order valence-electron chi connectivity index (χ2n) is 6.67. The van der Waals surface area contributed by atoms with Gasteiger partial charge in [-0.1, -0.05) is 6.07 Å². The van der Waals surface area contributed by atoms with E-state index in [0.29, 0.717) is 18.5 Å². The highest BCUT2D eigenvalue weighted by Crippen LogP contribution is 2.37. The lowest BCUT2D eigenvalue weighted by atomic mass is 9.78. The Kier molecular flexibility index (Phi) is 7.59. The Hall–Kier alpha value is -1.94. The molecule has 0 unspecified atom stereocenters. The molecule has 0 amide bonds. The fraction of sp³-hybridized carbons (Fsp3) is 0.412. The predicted molar refractivity (Wildman–Crippen MR) is 108 cm³/mol. The molecule has 0 atom stereocenters. The van der Waals surface area contributed by atoms with Gasteiger partial charge in [0.15, 0.2) is 0 Å². The Bertz CT molecular complexity index is 802. The van der Waals surface area contributed by atoms with Crippen molar-refractivity contribution in [2.75, 3.05) is 19.6 Å². The number of aromatic nitrogens is 2. The van der Waals surface area contributed by atoms with Gasteiger partial charge in [-0.3, -0.25) is 4.90 Å². The zero-order valence-corrected chi connectivity index (χ0v) is 16.7. The zero-order chi connectivity index (χ0) is 18.1. The minimum atomic E-state index is -1.11. The number of carboxylic acids is 1. The van der Waals surface area contributed by atoms with Crippen molar-refractivity contribution >= 4 is 37.9 Å². The number of fused-ring (bicyclic) bond motifs is 1. The van der Waals surface area contributed by atoms with E-state index >= 15 is 0 Å². The number of likely N-dealkylation sites (tertiary alicyclic amines) is 1. The maximum atomic E-state index is 11.7. The second kappa shape index (κ2) is 9.51. The van der Waals surface area contributed by atoms with E-state index in [1.165, 1.54) is 0 Å². The molecule has 11 heteroatoms. The average Bonchev–Trinajstić information content (AvgIpc) is 3.09. The number of carbonyl (C=O) groups is 1. The number of imidazole rings is 1. The van der Waals surface area contributed by atoms with Crippen LogP contribution in [-0.4, -0.2) is 63.8 Å². The number of hydrogen-bond acceptors (Lipinski definition) is 6. The Balaban J connectivity index is 0.00000140. The number of carboxylic acid groups (broad SMARTS) is 1. The normalized spacial score (nSPS) is 16.1. The highest BCUT2D eigenvalue weighted by Gasteiger charge is 2.33. The van der Waals surface area contributed by atoms with Crippen LogP contribution in [0.3, 0.4) is 0 Å². The molecule has 0 bridgehead atoms. The molecule has 8 nitrogen and oxygen atoms in total. The third-order valence-corrected chi connectivity index (χ3v) is 4.80. The van der Waals surface area contributed by atoms with Crippen LogP contribution in [0.1, 0.15) is 21.6 Å². The molecular formula is C17H22BCl2N3O5. The van der Waals surface area contributed by atoms with Gasteiger partial charge in [0, 0.05) is 37.9 Å². The number of rotatable bonds is 6. The monoisotopic (exact) mass is 429 g/mol. The SMILES string of the molecule is Cl.Cl.O=C(O)c1c(OC2CN(CCc3cnc[nH]3)C2)ccc2c1OB(O)CC2. The van der Waals surface area contributed by atoms with Crippen molar-refractivity contribution < 1.29 is 24.3 Å². The van der Waals surface area contributed by atoms with Gasteiger partial charge in [0.2, 0.25) is 0 Å². The summed E-state index contributed by atoms with van der Waals surface area (Å²) >= 11 is 0. The van der Waals surface area contributed by atoms with Crippen molar-refractivity contribution in [2.24, 2.45) is 0 Å². The molecule has 3 heterocycles. The number of nitrogens with one attached hydrogen (secondary N) is 1. The van der Waals surface area contributed by atoms with Gasteiger partial charge in [0.05, 0.1) is 6.33 Å². The van der Waals surface area contributed by atoms with Crippen molar-refractivity contribution in [1.82, 2.24) is 14.9 Å². The second-order valence-corrected chi connectivity index (χ2v) is 6.67. The van der Waals surface area contributed by atoms with Gasteiger partial charge in [0.25, 0.3) is 0 Å². The first-order valence-corrected chi connectivity index (χ1v) is 8.70. The van der Waals surface area contributed by atoms with Gasteiger partial charge in [-0.15, -0.1) is 24.8 Å². The van der Waals surface area contributed by atoms with E-state index in [9.17, 15) is 14.9 Å². The molecule has 1 fully saturated rings. The smallest absolute Gasteiger partial charge is 0.522 e. The number of aromatic carboxylic acids is 1. The third-order valence-electron chi connectivity index (χ3n) is 4.80. The number of H-pyrrole nitrogens is 1. The highest BCUT2D eigenvalue weighted by molar-refractivity contribution is 6.44. The minimum Gasteiger partial charge on any atom is -0.535 e. The summed E-state index contributed by atoms with van der Waals surface area (Å²) in [4.78, 5) is 21.0. The van der Waals surface area contributed by atoms with Crippen LogP contribution in [0.5, 0.6) is 11.5 Å². The van der Waals surface area contributed by atoms with Gasteiger partial charge in [-0.2, -0.15) is 0 Å². The van der Waals surface area contributed by atoms with Crippen LogP contribution in [-0.2, 0) is 12.8 Å². The largest absolute Gasteiger partial charge is 0.535 e. The van der Waals surface area contributed by atoms with Crippen molar-refractivity contribution in [2.45, 2.75) is 25.3 Å². The van der Waals surface area contributed by atoms with Crippen molar-refractivity contribution in [3.8, 4) is 11.5 Å². The minimum absolute atomic E-state index is 0. The fourth-order valence-electron chi connectivity index (χ4n) is 3.37. The quantitative estimate of drug-likeness (QED) is 0.599. The fourth-order valence-corrected chi connectivity index (χ4v) is 3.37. The van der Waals surface area contributed by atoms with E-state index in [1.54, 1.807) is 12.4 Å². The molecular weight excluding hydrogens is 408 g/mol. The summed E-state index contributed by atoms with van der Waals surface area (Å²) in [5.41, 5.74) is 1.87. The maximum absolute atomic E-state index is 11.7. The summed E-state index contributed by atoms with van der Waals surface area (Å²) in [6, 6.07) is 3.51. The van der Waals surface area contributed by atoms with Crippen LogP contribution in [0, 0.1) is 0 Å². The summed E-state index contributed by atoms with van der Waals surface area (Å²) < 4.78 is 11.3. The lowest BCUT2D eigenvalue weighted by Gasteiger charge is -2.39. The molecule has 0 aliphatic carbocycles. The number of nitrogens with zero attached hydrogens (tertiary/aromatic N) is 2. The summed E-state index contributed by atoms with van der Waals surface area (Å²) in [6.07, 6.45) is 5.36. The molecule has 0 spiro atoms. The predicted octanol–water partition coefficient (Wildman–Crippen LogP) is 1.67. The van der Waals surface area contributed by atoms with E-state index in [-0.39, 0.29) is 42.2 Å². The Morgan fingerprint density at radius 1 is 1.39 bits per heavy atom. The number of halogens is 2. The lowest BCUT2D eigenvalue weighted by Crippen LogP contribution is -2.54. The van der Waals surface area contributed by atoms with E-state index in [2.05, 4.69) is 14.9 Å². The molecule has 0 saturated carbocycles. The van der Waals surface area contributed by atoms with Gasteiger partial charge in [-0.25, -0.2) is 9.78 Å². The molecule has 3 N–H and O–H groups in total. The first kappa shape index (κ1) is 22.4. The Labute approximate surface area is 175 Å². The van der Waals surface area contributed by atoms with Gasteiger partial charge < -0.3 is 24.5 Å². The molecule has 1 saturated heterocycles. The van der Waals surface area contributed by atoms with Crippen molar-refractivity contribution in [3.05, 3.63) is 41.5 Å². The van der Waals surface area contributed by atoms with E-state index in [1.807, 2.05) is 12.3 Å². The van der Waals surface area contributed by atoms with Crippen LogP contribution in [0.25, 0.3) is 0 Å². The zero-order valence-electron chi connectivity index (χ0n) is 15.0.